The Morgan fingerprint density at radius 2 is 2.07 bits per heavy atom. The summed E-state index contributed by atoms with van der Waals surface area (Å²) in [5.74, 6) is 5.94. The second-order valence-corrected chi connectivity index (χ2v) is 8.09. The van der Waals surface area contributed by atoms with E-state index >= 15 is 0 Å². The van der Waals surface area contributed by atoms with Crippen LogP contribution in [0.4, 0.5) is 0 Å². The molecule has 0 N–H and O–H groups in total. The van der Waals surface area contributed by atoms with Gasteiger partial charge in [-0.15, -0.1) is 0 Å². The van der Waals surface area contributed by atoms with Crippen molar-refractivity contribution >= 4 is 11.8 Å². The van der Waals surface area contributed by atoms with Crippen LogP contribution in [-0.4, -0.2) is 43.1 Å². The molecule has 3 fully saturated rings. The number of methoxy groups -OCH3 is 1. The minimum Gasteiger partial charge on any atom is -0.458 e. The summed E-state index contributed by atoms with van der Waals surface area (Å²) >= 11 is 0. The number of carbonyl (C=O) groups is 2. The first kappa shape index (κ1) is 18.6. The van der Waals surface area contributed by atoms with Gasteiger partial charge in [0.2, 0.25) is 0 Å². The van der Waals surface area contributed by atoms with Crippen molar-refractivity contribution in [2.75, 3.05) is 7.11 Å². The lowest BCUT2D eigenvalue weighted by Crippen LogP contribution is -2.55. The second kappa shape index (κ2) is 6.27. The molecule has 0 aromatic heterocycles. The zero-order valence-electron chi connectivity index (χ0n) is 16.3. The molecule has 2 aliphatic carbocycles. The van der Waals surface area contributed by atoms with Crippen LogP contribution >= 0.6 is 0 Å². The summed E-state index contributed by atoms with van der Waals surface area (Å²) in [5.41, 5.74) is -2.10. The molecule has 1 aromatic carbocycles. The number of rotatable bonds is 2. The number of hydrogen-bond donors (Lipinski definition) is 0. The second-order valence-electron chi connectivity index (χ2n) is 8.09. The fraction of sp³-hybridized carbons (Fsp3) is 0.478. The van der Waals surface area contributed by atoms with Gasteiger partial charge in [0, 0.05) is 26.0 Å². The van der Waals surface area contributed by atoms with E-state index in [0.29, 0.717) is 19.3 Å². The number of benzene rings is 1. The summed E-state index contributed by atoms with van der Waals surface area (Å²) in [6, 6.07) is 9.50. The van der Waals surface area contributed by atoms with Gasteiger partial charge in [0.1, 0.15) is 6.10 Å². The highest BCUT2D eigenvalue weighted by molar-refractivity contribution is 6.01. The molecule has 0 bridgehead atoms. The Kier molecular flexibility index (Phi) is 4.01. The molecule has 29 heavy (non-hydrogen) atoms. The third-order valence-corrected chi connectivity index (χ3v) is 6.85. The molecule has 0 unspecified atom stereocenters. The Balaban J connectivity index is 1.67. The maximum atomic E-state index is 13.4. The molecule has 1 saturated carbocycles. The van der Waals surface area contributed by atoms with Gasteiger partial charge in [-0.3, -0.25) is 9.59 Å². The lowest BCUT2D eigenvalue weighted by molar-refractivity contribution is -0.230. The molecule has 5 rings (SSSR count). The molecule has 1 aromatic rings. The topological polar surface area (TPSA) is 71.1 Å². The summed E-state index contributed by atoms with van der Waals surface area (Å²) in [7, 11) is 1.58. The van der Waals surface area contributed by atoms with E-state index in [2.05, 4.69) is 11.8 Å². The van der Waals surface area contributed by atoms with E-state index in [4.69, 9.17) is 18.9 Å². The molecular weight excluding hydrogens is 372 g/mol. The summed E-state index contributed by atoms with van der Waals surface area (Å²) in [5, 5.41) is 0. The zero-order valence-corrected chi connectivity index (χ0v) is 16.3. The molecule has 6 atom stereocenters. The van der Waals surface area contributed by atoms with Crippen LogP contribution in [0, 0.1) is 22.7 Å². The molecule has 6 nitrogen and oxygen atoms in total. The van der Waals surface area contributed by atoms with Gasteiger partial charge in [-0.1, -0.05) is 36.1 Å². The monoisotopic (exact) mass is 394 g/mol. The molecule has 2 saturated heterocycles. The minimum atomic E-state index is -1.27. The van der Waals surface area contributed by atoms with Crippen molar-refractivity contribution in [1.82, 2.24) is 0 Å². The fourth-order valence-electron chi connectivity index (χ4n) is 5.70. The average Bonchev–Trinajstić information content (AvgIpc) is 3.36. The molecule has 6 heteroatoms. The lowest BCUT2D eigenvalue weighted by Gasteiger charge is -2.40. The van der Waals surface area contributed by atoms with Crippen LogP contribution in [0.5, 0.6) is 0 Å². The van der Waals surface area contributed by atoms with Gasteiger partial charge in [0.15, 0.2) is 24.0 Å². The SMILES string of the molecule is CO[C@@H]1C[C@]23C=CC(=O)[C@]24CC[C@@H](OC(C)=O)[C@]4(C#Cc2ccccc2)O[C@@H]3O1. The number of esters is 1. The first-order valence-electron chi connectivity index (χ1n) is 9.83. The van der Waals surface area contributed by atoms with E-state index in [1.165, 1.54) is 6.92 Å². The van der Waals surface area contributed by atoms with Gasteiger partial charge in [-0.2, -0.15) is 0 Å². The molecule has 2 aliphatic heterocycles. The van der Waals surface area contributed by atoms with Crippen molar-refractivity contribution < 1.29 is 28.5 Å². The number of allylic oxidation sites excluding steroid dienone is 1. The Hall–Kier alpha value is -2.46. The first-order chi connectivity index (χ1) is 14.0. The van der Waals surface area contributed by atoms with Crippen molar-refractivity contribution in [2.24, 2.45) is 10.8 Å². The Bertz CT molecular complexity index is 959. The predicted octanol–water partition coefficient (Wildman–Crippen LogP) is 2.36. The van der Waals surface area contributed by atoms with Gasteiger partial charge < -0.3 is 18.9 Å². The number of hydrogen-bond acceptors (Lipinski definition) is 6. The predicted molar refractivity (Wildman–Crippen MR) is 101 cm³/mol. The van der Waals surface area contributed by atoms with Crippen LogP contribution in [0.25, 0.3) is 0 Å². The fourth-order valence-corrected chi connectivity index (χ4v) is 5.70. The van der Waals surface area contributed by atoms with Gasteiger partial charge in [-0.05, 0) is 31.1 Å². The normalized spacial score (nSPS) is 41.4. The highest BCUT2D eigenvalue weighted by atomic mass is 16.8. The Labute approximate surface area is 169 Å². The standard InChI is InChI=1S/C23H22O6/c1-15(24)27-18-10-12-22-17(25)9-11-21(22)14-19(26-2)28-20(21)29-23(18,22)13-8-16-6-4-3-5-7-16/h3-7,9,11,18-20H,10,12,14H2,1-2H3/t18-,19+,20+,21+,22-,23+/m1/s1. The first-order valence-corrected chi connectivity index (χ1v) is 9.83. The minimum absolute atomic E-state index is 0.0441. The molecule has 150 valence electrons. The summed E-state index contributed by atoms with van der Waals surface area (Å²) in [6.45, 7) is 1.36. The van der Waals surface area contributed by atoms with Crippen LogP contribution in [0.2, 0.25) is 0 Å². The van der Waals surface area contributed by atoms with Crippen LogP contribution in [-0.2, 0) is 28.5 Å². The van der Waals surface area contributed by atoms with E-state index in [9.17, 15) is 9.59 Å². The van der Waals surface area contributed by atoms with Crippen LogP contribution in [0.3, 0.4) is 0 Å². The summed E-state index contributed by atoms with van der Waals surface area (Å²) < 4.78 is 23.5. The van der Waals surface area contributed by atoms with E-state index in [1.807, 2.05) is 36.4 Å². The lowest BCUT2D eigenvalue weighted by atomic mass is 9.58. The van der Waals surface area contributed by atoms with E-state index in [1.54, 1.807) is 13.2 Å². The third kappa shape index (κ3) is 2.24. The molecular formula is C23H22O6. The van der Waals surface area contributed by atoms with E-state index in [0.717, 1.165) is 5.56 Å². The van der Waals surface area contributed by atoms with Gasteiger partial charge >= 0.3 is 5.97 Å². The maximum Gasteiger partial charge on any atom is 0.303 e. The van der Waals surface area contributed by atoms with Gasteiger partial charge in [0.25, 0.3) is 0 Å². The van der Waals surface area contributed by atoms with Crippen LogP contribution in [0.15, 0.2) is 42.5 Å². The molecule has 0 radical (unpaired) electrons. The Morgan fingerprint density at radius 1 is 1.28 bits per heavy atom. The molecule has 2 spiro atoms. The number of carbonyl (C=O) groups excluding carboxylic acids is 2. The molecule has 4 aliphatic rings. The van der Waals surface area contributed by atoms with Crippen molar-refractivity contribution in [3.8, 4) is 11.8 Å². The molecule has 2 heterocycles. The zero-order chi connectivity index (χ0) is 20.3. The highest BCUT2D eigenvalue weighted by Gasteiger charge is 2.84. The van der Waals surface area contributed by atoms with Crippen LogP contribution < -0.4 is 0 Å². The quantitative estimate of drug-likeness (QED) is 0.567. The smallest absolute Gasteiger partial charge is 0.303 e. The maximum absolute atomic E-state index is 13.4. The van der Waals surface area contributed by atoms with Gasteiger partial charge in [-0.25, -0.2) is 0 Å². The van der Waals surface area contributed by atoms with Crippen LogP contribution in [0.1, 0.15) is 31.7 Å². The largest absolute Gasteiger partial charge is 0.458 e. The van der Waals surface area contributed by atoms with Crippen molar-refractivity contribution in [1.29, 1.82) is 0 Å². The van der Waals surface area contributed by atoms with E-state index in [-0.39, 0.29) is 5.78 Å². The highest BCUT2D eigenvalue weighted by Crippen LogP contribution is 2.73. The van der Waals surface area contributed by atoms with E-state index < -0.39 is 41.1 Å². The number of ketones is 1. The Morgan fingerprint density at radius 3 is 2.79 bits per heavy atom. The van der Waals surface area contributed by atoms with Gasteiger partial charge in [0.05, 0.1) is 10.8 Å². The third-order valence-electron chi connectivity index (χ3n) is 6.85. The average molecular weight is 394 g/mol. The summed E-state index contributed by atoms with van der Waals surface area (Å²) in [4.78, 5) is 25.2. The van der Waals surface area contributed by atoms with Crippen molar-refractivity contribution in [3.63, 3.8) is 0 Å². The summed E-state index contributed by atoms with van der Waals surface area (Å²) in [6.07, 6.45) is 3.25. The van der Waals surface area contributed by atoms with Crippen molar-refractivity contribution in [2.45, 2.75) is 50.5 Å². The number of ether oxygens (including phenoxy) is 4. The van der Waals surface area contributed by atoms with Crippen molar-refractivity contribution in [3.05, 3.63) is 48.0 Å². The molecule has 0 amide bonds.